The van der Waals surface area contributed by atoms with Crippen molar-refractivity contribution in [1.29, 1.82) is 0 Å². The summed E-state index contributed by atoms with van der Waals surface area (Å²) >= 11 is 1.63. The third kappa shape index (κ3) is 8.06. The summed E-state index contributed by atoms with van der Waals surface area (Å²) in [6.07, 6.45) is 8.27. The van der Waals surface area contributed by atoms with E-state index in [1.54, 1.807) is 32.5 Å². The normalized spacial score (nSPS) is 27.8. The van der Waals surface area contributed by atoms with Gasteiger partial charge in [-0.25, -0.2) is 13.2 Å². The largest absolute Gasteiger partial charge is 0.465 e. The number of hydrogen-bond acceptors (Lipinski definition) is 7. The Labute approximate surface area is 316 Å². The minimum Gasteiger partial charge on any atom is -0.465 e. The van der Waals surface area contributed by atoms with E-state index in [2.05, 4.69) is 28.8 Å². The molecule has 4 aliphatic rings. The fraction of sp³-hybridized carbons (Fsp3) is 0.500. The van der Waals surface area contributed by atoms with Crippen LogP contribution in [0.3, 0.4) is 0 Å². The summed E-state index contributed by atoms with van der Waals surface area (Å²) < 4.78 is 27.0. The number of hydrogen-bond donors (Lipinski definition) is 3. The summed E-state index contributed by atoms with van der Waals surface area (Å²) in [4.78, 5) is 58.8. The number of fused-ring (bicyclic) bond motifs is 2. The molecule has 2 aromatic rings. The molecule has 1 saturated heterocycles. The van der Waals surface area contributed by atoms with Gasteiger partial charge in [-0.05, 0) is 82.4 Å². The first-order chi connectivity index (χ1) is 25.1. The lowest BCUT2D eigenvalue weighted by Crippen LogP contribution is -2.60. The van der Waals surface area contributed by atoms with Crippen LogP contribution in [0, 0.1) is 5.92 Å². The molecule has 2 aliphatic heterocycles. The molecule has 0 unspecified atom stereocenters. The molecule has 4 amide bonds. The minimum atomic E-state index is -3.90. The molecule has 284 valence electrons. The molecule has 0 spiro atoms. The van der Waals surface area contributed by atoms with Crippen molar-refractivity contribution < 1.29 is 32.7 Å². The molecule has 11 nitrogen and oxygen atoms in total. The topological polar surface area (TPSA) is 153 Å². The van der Waals surface area contributed by atoms with Crippen LogP contribution >= 0.6 is 11.8 Å². The number of allylic oxidation sites excluding steroid dienone is 1. The molecular weight excluding hydrogens is 713 g/mol. The molecule has 6 rings (SSSR count). The average Bonchev–Trinajstić information content (AvgIpc) is 4.05. The lowest BCUT2D eigenvalue weighted by molar-refractivity contribution is -0.144. The molecule has 3 fully saturated rings. The van der Waals surface area contributed by atoms with Crippen LogP contribution in [0.5, 0.6) is 0 Å². The third-order valence-electron chi connectivity index (χ3n) is 10.9. The van der Waals surface area contributed by atoms with Crippen LogP contribution in [0.25, 0.3) is 11.1 Å². The second-order valence-electron chi connectivity index (χ2n) is 15.7. The standard InChI is InChI=1S/C40H50N4O7S2/c1-5-29-24-40(29,36(47)42-53(50,51)31-21-22-31)41-34(45)33-25-39(30-19-17-28(18-20-30)27-14-10-9-11-15-27)26-43(33)35(46)32(44(37(48)49)38(2,3)4)16-12-7-6-8-13-23-52-39/h5,8-11,13-15,17-20,29,31-33H,1,6-7,12,16,21-26H2,2-4H3,(H,41,45)(H,42,47)(H,48,49)/t29-,32+,33+,39+,40-/m1/s1. The van der Waals surface area contributed by atoms with Crippen molar-refractivity contribution in [2.75, 3.05) is 12.3 Å². The van der Waals surface area contributed by atoms with Crippen molar-refractivity contribution in [3.8, 4) is 11.1 Å². The van der Waals surface area contributed by atoms with E-state index in [1.165, 1.54) is 15.9 Å². The van der Waals surface area contributed by atoms with Gasteiger partial charge in [0, 0.05) is 23.8 Å². The van der Waals surface area contributed by atoms with Crippen LogP contribution in [0.15, 0.2) is 79.4 Å². The maximum Gasteiger partial charge on any atom is 0.408 e. The molecular formula is C40H50N4O7S2. The van der Waals surface area contributed by atoms with Gasteiger partial charge in [0.15, 0.2) is 0 Å². The molecule has 2 bridgehead atoms. The smallest absolute Gasteiger partial charge is 0.408 e. The highest BCUT2D eigenvalue weighted by molar-refractivity contribution is 8.00. The molecule has 0 aromatic heterocycles. The van der Waals surface area contributed by atoms with Crippen LogP contribution in [0.1, 0.15) is 77.7 Å². The number of amides is 4. The van der Waals surface area contributed by atoms with E-state index in [-0.39, 0.29) is 25.8 Å². The lowest BCUT2D eigenvalue weighted by Gasteiger charge is -2.41. The van der Waals surface area contributed by atoms with Crippen molar-refractivity contribution in [1.82, 2.24) is 19.8 Å². The first-order valence-corrected chi connectivity index (χ1v) is 20.9. The van der Waals surface area contributed by atoms with Crippen molar-refractivity contribution in [3.63, 3.8) is 0 Å². The highest BCUT2D eigenvalue weighted by Gasteiger charge is 2.62. The van der Waals surface area contributed by atoms with Gasteiger partial charge >= 0.3 is 6.09 Å². The predicted octanol–water partition coefficient (Wildman–Crippen LogP) is 5.83. The molecule has 3 N–H and O–H groups in total. The zero-order valence-electron chi connectivity index (χ0n) is 30.6. The van der Waals surface area contributed by atoms with Crippen molar-refractivity contribution in [2.45, 2.75) is 105 Å². The van der Waals surface area contributed by atoms with Gasteiger partial charge in [0.25, 0.3) is 5.91 Å². The number of benzene rings is 2. The van der Waals surface area contributed by atoms with Gasteiger partial charge in [-0.3, -0.25) is 24.0 Å². The Kier molecular flexibility index (Phi) is 10.9. The number of nitrogens with one attached hydrogen (secondary N) is 2. The molecule has 2 heterocycles. The van der Waals surface area contributed by atoms with E-state index >= 15 is 0 Å². The van der Waals surface area contributed by atoms with E-state index in [1.807, 2.05) is 54.6 Å². The Balaban J connectivity index is 1.41. The van der Waals surface area contributed by atoms with Gasteiger partial charge in [0.1, 0.15) is 17.6 Å². The lowest BCUT2D eigenvalue weighted by atomic mass is 9.93. The van der Waals surface area contributed by atoms with Crippen molar-refractivity contribution in [3.05, 3.63) is 85.0 Å². The number of thioether (sulfide) groups is 1. The third-order valence-corrected chi connectivity index (χ3v) is 14.2. The zero-order chi connectivity index (χ0) is 38.2. The molecule has 13 heteroatoms. The summed E-state index contributed by atoms with van der Waals surface area (Å²) in [5, 5.41) is 12.7. The quantitative estimate of drug-likeness (QED) is 0.270. The monoisotopic (exact) mass is 762 g/mol. The van der Waals surface area contributed by atoms with E-state index in [0.717, 1.165) is 29.5 Å². The van der Waals surface area contributed by atoms with Crippen LogP contribution in [0.4, 0.5) is 4.79 Å². The molecule has 2 saturated carbocycles. The van der Waals surface area contributed by atoms with Crippen LogP contribution in [-0.4, -0.2) is 87.8 Å². The van der Waals surface area contributed by atoms with Gasteiger partial charge in [-0.2, -0.15) is 0 Å². The Morgan fingerprint density at radius 1 is 0.981 bits per heavy atom. The Hall–Kier alpha value is -4.10. The number of sulfonamides is 1. The summed E-state index contributed by atoms with van der Waals surface area (Å²) in [6.45, 7) is 9.20. The second kappa shape index (κ2) is 15.0. The van der Waals surface area contributed by atoms with Crippen molar-refractivity contribution in [2.24, 2.45) is 5.92 Å². The number of rotatable bonds is 9. The summed E-state index contributed by atoms with van der Waals surface area (Å²) in [5.74, 6) is -1.76. The zero-order valence-corrected chi connectivity index (χ0v) is 32.3. The van der Waals surface area contributed by atoms with Gasteiger partial charge in [-0.15, -0.1) is 18.3 Å². The van der Waals surface area contributed by atoms with Gasteiger partial charge < -0.3 is 15.3 Å². The van der Waals surface area contributed by atoms with Gasteiger partial charge in [0.2, 0.25) is 21.8 Å². The van der Waals surface area contributed by atoms with Gasteiger partial charge in [0.05, 0.1) is 10.00 Å². The van der Waals surface area contributed by atoms with E-state index in [4.69, 9.17) is 0 Å². The summed E-state index contributed by atoms with van der Waals surface area (Å²) in [7, 11) is -3.90. The van der Waals surface area contributed by atoms with E-state index in [0.29, 0.717) is 25.0 Å². The number of carbonyl (C=O) groups excluding carboxylic acids is 3. The summed E-state index contributed by atoms with van der Waals surface area (Å²) in [5.41, 5.74) is 0.527. The Bertz CT molecular complexity index is 1870. The fourth-order valence-corrected chi connectivity index (χ4v) is 10.5. The molecule has 2 aromatic carbocycles. The molecule has 0 radical (unpaired) electrons. The van der Waals surface area contributed by atoms with Crippen molar-refractivity contribution >= 4 is 45.6 Å². The van der Waals surface area contributed by atoms with Crippen LogP contribution in [0.2, 0.25) is 0 Å². The van der Waals surface area contributed by atoms with E-state index in [9.17, 15) is 32.7 Å². The molecule has 2 aliphatic carbocycles. The average molecular weight is 763 g/mol. The first-order valence-electron chi connectivity index (χ1n) is 18.4. The van der Waals surface area contributed by atoms with Crippen LogP contribution in [-0.2, 0) is 29.2 Å². The van der Waals surface area contributed by atoms with Gasteiger partial charge in [-0.1, -0.05) is 79.2 Å². The molecule has 53 heavy (non-hydrogen) atoms. The Morgan fingerprint density at radius 2 is 1.66 bits per heavy atom. The SMILES string of the molecule is C=C[C@@H]1C[C@]1(NC(=O)[C@@H]1C[C@@]2(c3ccc(-c4ccccc4)cc3)CN1C(=O)[C@@H](N(C(=O)O)C(C)(C)C)CCCCC=CCS2)C(=O)NS(=O)(=O)C1CC1. The minimum absolute atomic E-state index is 0.126. The fourth-order valence-electron chi connectivity index (χ4n) is 7.79. The highest BCUT2D eigenvalue weighted by atomic mass is 32.2. The number of nitrogens with zero attached hydrogens (tertiary/aromatic N) is 2. The Morgan fingerprint density at radius 3 is 2.26 bits per heavy atom. The highest BCUT2D eigenvalue weighted by Crippen LogP contribution is 2.50. The predicted molar refractivity (Wildman–Crippen MR) is 206 cm³/mol. The second-order valence-corrected chi connectivity index (χ2v) is 19.1. The first kappa shape index (κ1) is 38.6. The maximum atomic E-state index is 15.0. The summed E-state index contributed by atoms with van der Waals surface area (Å²) in [6, 6.07) is 16.0. The maximum absolute atomic E-state index is 15.0. The molecule has 5 atom stereocenters. The van der Waals surface area contributed by atoms with Crippen LogP contribution < -0.4 is 10.0 Å². The number of carboxylic acid groups (broad SMARTS) is 1. The number of carbonyl (C=O) groups is 4. The van der Waals surface area contributed by atoms with E-state index < -0.39 is 72.9 Å².